The van der Waals surface area contributed by atoms with E-state index >= 15 is 0 Å². The van der Waals surface area contributed by atoms with Gasteiger partial charge in [-0.25, -0.2) is 17.1 Å². The number of aryl methyl sites for hydroxylation is 1. The summed E-state index contributed by atoms with van der Waals surface area (Å²) in [5.74, 6) is -1.20. The molecule has 1 aliphatic heterocycles. The van der Waals surface area contributed by atoms with Gasteiger partial charge < -0.3 is 5.11 Å². The van der Waals surface area contributed by atoms with Crippen molar-refractivity contribution >= 4 is 10.0 Å². The molecule has 8 heteroatoms. The molecular formula is C16H20FN3O3S. The Morgan fingerprint density at radius 3 is 2.71 bits per heavy atom. The second-order valence-corrected chi connectivity index (χ2v) is 8.13. The minimum atomic E-state index is -3.66. The predicted molar refractivity (Wildman–Crippen MR) is 87.1 cm³/mol. The van der Waals surface area contributed by atoms with E-state index in [2.05, 4.69) is 5.10 Å². The van der Waals surface area contributed by atoms with Crippen LogP contribution < -0.4 is 0 Å². The van der Waals surface area contributed by atoms with Crippen LogP contribution in [0.15, 0.2) is 36.7 Å². The lowest BCUT2D eigenvalue weighted by Gasteiger charge is -2.16. The Hall–Kier alpha value is -1.77. The number of aromatic nitrogens is 2. The molecule has 2 heterocycles. The molecule has 24 heavy (non-hydrogen) atoms. The van der Waals surface area contributed by atoms with E-state index in [1.807, 2.05) is 6.20 Å². The van der Waals surface area contributed by atoms with Crippen LogP contribution in [0.2, 0.25) is 0 Å². The number of benzene rings is 1. The van der Waals surface area contributed by atoms with E-state index in [-0.39, 0.29) is 42.8 Å². The van der Waals surface area contributed by atoms with E-state index in [4.69, 9.17) is 0 Å². The van der Waals surface area contributed by atoms with Crippen LogP contribution in [-0.2, 0) is 22.8 Å². The van der Waals surface area contributed by atoms with Gasteiger partial charge in [-0.3, -0.25) is 4.68 Å². The predicted octanol–water partition coefficient (Wildman–Crippen LogP) is 1.10. The normalized spacial score (nSPS) is 22.1. The van der Waals surface area contributed by atoms with Crippen molar-refractivity contribution in [2.45, 2.75) is 11.7 Å². The van der Waals surface area contributed by atoms with Crippen molar-refractivity contribution in [1.82, 2.24) is 14.1 Å². The molecule has 1 saturated heterocycles. The molecule has 2 atom stereocenters. The summed E-state index contributed by atoms with van der Waals surface area (Å²) >= 11 is 0. The highest BCUT2D eigenvalue weighted by Crippen LogP contribution is 2.34. The largest absolute Gasteiger partial charge is 0.396 e. The van der Waals surface area contributed by atoms with E-state index in [0.29, 0.717) is 0 Å². The van der Waals surface area contributed by atoms with Gasteiger partial charge >= 0.3 is 0 Å². The Labute approximate surface area is 140 Å². The van der Waals surface area contributed by atoms with Gasteiger partial charge in [0.15, 0.2) is 0 Å². The Morgan fingerprint density at radius 1 is 1.33 bits per heavy atom. The molecule has 0 spiro atoms. The Kier molecular flexibility index (Phi) is 4.71. The molecule has 130 valence electrons. The van der Waals surface area contributed by atoms with E-state index in [1.54, 1.807) is 24.0 Å². The van der Waals surface area contributed by atoms with Crippen LogP contribution in [0.5, 0.6) is 0 Å². The Balaban J connectivity index is 1.80. The van der Waals surface area contributed by atoms with Gasteiger partial charge in [-0.05, 0) is 11.6 Å². The highest BCUT2D eigenvalue weighted by atomic mass is 32.2. The van der Waals surface area contributed by atoms with Crippen LogP contribution in [0.3, 0.4) is 0 Å². The van der Waals surface area contributed by atoms with Crippen LogP contribution in [0.25, 0.3) is 0 Å². The second kappa shape index (κ2) is 6.62. The SMILES string of the molecule is Cn1cc([C@@H]2CN(S(=O)(=O)Cc3ccccc3F)C[C@H]2CO)cn1. The fraction of sp³-hybridized carbons (Fsp3) is 0.438. The van der Waals surface area contributed by atoms with Gasteiger partial charge in [0.2, 0.25) is 10.0 Å². The molecule has 0 unspecified atom stereocenters. The first kappa shape index (κ1) is 17.1. The van der Waals surface area contributed by atoms with Crippen LogP contribution in [0.1, 0.15) is 17.0 Å². The molecule has 1 aromatic carbocycles. The molecule has 0 aliphatic carbocycles. The lowest BCUT2D eigenvalue weighted by atomic mass is 9.92. The maximum Gasteiger partial charge on any atom is 0.218 e. The Morgan fingerprint density at radius 2 is 2.08 bits per heavy atom. The van der Waals surface area contributed by atoms with Crippen molar-refractivity contribution < 1.29 is 17.9 Å². The zero-order valence-corrected chi connectivity index (χ0v) is 14.2. The monoisotopic (exact) mass is 353 g/mol. The Bertz CT molecular complexity index is 821. The molecule has 0 bridgehead atoms. The summed E-state index contributed by atoms with van der Waals surface area (Å²) < 4.78 is 42.1. The average molecular weight is 353 g/mol. The molecule has 3 rings (SSSR count). The molecule has 1 aromatic heterocycles. The van der Waals surface area contributed by atoms with E-state index in [9.17, 15) is 17.9 Å². The summed E-state index contributed by atoms with van der Waals surface area (Å²) in [4.78, 5) is 0. The molecule has 1 aliphatic rings. The lowest BCUT2D eigenvalue weighted by molar-refractivity contribution is 0.223. The molecule has 0 radical (unpaired) electrons. The minimum Gasteiger partial charge on any atom is -0.396 e. The topological polar surface area (TPSA) is 75.4 Å². The van der Waals surface area contributed by atoms with Crippen molar-refractivity contribution in [3.8, 4) is 0 Å². The number of halogens is 1. The third-order valence-electron chi connectivity index (χ3n) is 4.48. The number of hydrogen-bond donors (Lipinski definition) is 1. The quantitative estimate of drug-likeness (QED) is 0.873. The maximum absolute atomic E-state index is 13.8. The summed E-state index contributed by atoms with van der Waals surface area (Å²) in [6.45, 7) is 0.395. The summed E-state index contributed by atoms with van der Waals surface area (Å²) in [6, 6.07) is 5.88. The molecule has 1 N–H and O–H groups in total. The molecule has 6 nitrogen and oxygen atoms in total. The van der Waals surface area contributed by atoms with E-state index in [0.717, 1.165) is 5.56 Å². The lowest BCUT2D eigenvalue weighted by Crippen LogP contribution is -2.30. The number of sulfonamides is 1. The first-order valence-electron chi connectivity index (χ1n) is 7.71. The van der Waals surface area contributed by atoms with Crippen LogP contribution in [0, 0.1) is 11.7 Å². The van der Waals surface area contributed by atoms with Crippen LogP contribution in [0.4, 0.5) is 4.39 Å². The highest BCUT2D eigenvalue weighted by molar-refractivity contribution is 7.88. The summed E-state index contributed by atoms with van der Waals surface area (Å²) in [5.41, 5.74) is 1.06. The third kappa shape index (κ3) is 3.35. The molecule has 2 aromatic rings. The van der Waals surface area contributed by atoms with E-state index in [1.165, 1.54) is 22.5 Å². The molecule has 0 amide bonds. The number of rotatable bonds is 5. The number of aliphatic hydroxyl groups is 1. The number of aliphatic hydroxyl groups excluding tert-OH is 1. The van der Waals surface area contributed by atoms with Crippen LogP contribution in [-0.4, -0.2) is 47.3 Å². The third-order valence-corrected chi connectivity index (χ3v) is 6.24. The summed E-state index contributed by atoms with van der Waals surface area (Å²) in [6.07, 6.45) is 3.53. The van der Waals surface area contributed by atoms with Crippen molar-refractivity contribution in [3.05, 3.63) is 53.6 Å². The summed E-state index contributed by atoms with van der Waals surface area (Å²) in [5, 5.41) is 13.7. The second-order valence-electron chi connectivity index (χ2n) is 6.16. The number of nitrogens with zero attached hydrogens (tertiary/aromatic N) is 3. The fourth-order valence-electron chi connectivity index (χ4n) is 3.16. The van der Waals surface area contributed by atoms with Crippen molar-refractivity contribution in [2.75, 3.05) is 19.7 Å². The van der Waals surface area contributed by atoms with Gasteiger partial charge in [0, 0.05) is 50.3 Å². The van der Waals surface area contributed by atoms with E-state index < -0.39 is 15.8 Å². The van der Waals surface area contributed by atoms with Gasteiger partial charge in [-0.2, -0.15) is 5.10 Å². The van der Waals surface area contributed by atoms with Crippen molar-refractivity contribution in [1.29, 1.82) is 0 Å². The smallest absolute Gasteiger partial charge is 0.218 e. The zero-order chi connectivity index (χ0) is 17.3. The molecular weight excluding hydrogens is 333 g/mol. The average Bonchev–Trinajstić information content (AvgIpc) is 3.15. The minimum absolute atomic E-state index is 0.106. The zero-order valence-electron chi connectivity index (χ0n) is 13.3. The van der Waals surface area contributed by atoms with Gasteiger partial charge in [0.25, 0.3) is 0 Å². The molecule has 0 saturated carbocycles. The summed E-state index contributed by atoms with van der Waals surface area (Å²) in [7, 11) is -1.87. The van der Waals surface area contributed by atoms with Crippen molar-refractivity contribution in [3.63, 3.8) is 0 Å². The van der Waals surface area contributed by atoms with Crippen LogP contribution >= 0.6 is 0 Å². The first-order chi connectivity index (χ1) is 11.4. The molecule has 1 fully saturated rings. The van der Waals surface area contributed by atoms with Gasteiger partial charge in [-0.1, -0.05) is 18.2 Å². The maximum atomic E-state index is 13.8. The fourth-order valence-corrected chi connectivity index (χ4v) is 4.77. The first-order valence-corrected chi connectivity index (χ1v) is 9.32. The number of hydrogen-bond acceptors (Lipinski definition) is 4. The van der Waals surface area contributed by atoms with Gasteiger partial charge in [-0.15, -0.1) is 0 Å². The van der Waals surface area contributed by atoms with Crippen molar-refractivity contribution in [2.24, 2.45) is 13.0 Å². The highest BCUT2D eigenvalue weighted by Gasteiger charge is 2.39. The standard InChI is InChI=1S/C16H20FN3O3S/c1-19-7-13(6-18-19)15-9-20(8-14(15)10-21)24(22,23)11-12-4-2-3-5-16(12)17/h2-7,14-15,21H,8-11H2,1H3/t14-,15-/m0/s1. The van der Waals surface area contributed by atoms with Gasteiger partial charge in [0.1, 0.15) is 5.82 Å². The van der Waals surface area contributed by atoms with Gasteiger partial charge in [0.05, 0.1) is 11.9 Å².